The molecule has 0 atom stereocenters. The quantitative estimate of drug-likeness (QED) is 0.420. The normalized spacial score (nSPS) is 11.4. The van der Waals surface area contributed by atoms with Crippen molar-refractivity contribution in [1.82, 2.24) is 4.98 Å². The Kier molecular flexibility index (Phi) is 2.61. The van der Waals surface area contributed by atoms with Crippen molar-refractivity contribution < 1.29 is 18.1 Å². The molecule has 0 fully saturated rings. The Hall–Kier alpha value is -1.37. The Labute approximate surface area is 80.5 Å². The van der Waals surface area contributed by atoms with Gasteiger partial charge in [-0.2, -0.15) is 13.2 Å². The molecule has 0 aliphatic carbocycles. The van der Waals surface area contributed by atoms with Crippen LogP contribution in [0.5, 0.6) is 0 Å². The van der Waals surface area contributed by atoms with E-state index in [4.69, 9.17) is 11.6 Å². The molecule has 76 valence electrons. The fourth-order valence-electron chi connectivity index (χ4n) is 0.786. The highest BCUT2D eigenvalue weighted by molar-refractivity contribution is 6.29. The van der Waals surface area contributed by atoms with Crippen molar-refractivity contribution in [2.75, 3.05) is 0 Å². The summed E-state index contributed by atoms with van der Waals surface area (Å²) in [7, 11) is 0. The van der Waals surface area contributed by atoms with Gasteiger partial charge in [-0.3, -0.25) is 0 Å². The van der Waals surface area contributed by atoms with E-state index in [0.717, 1.165) is 6.07 Å². The van der Waals surface area contributed by atoms with Crippen LogP contribution in [-0.4, -0.2) is 9.91 Å². The molecule has 0 aromatic carbocycles. The number of rotatable bonds is 1. The lowest BCUT2D eigenvalue weighted by atomic mass is 10.2. The summed E-state index contributed by atoms with van der Waals surface area (Å²) >= 11 is 5.23. The molecule has 0 saturated heterocycles. The molecule has 0 saturated carbocycles. The molecule has 0 spiro atoms. The Morgan fingerprint density at radius 3 is 2.43 bits per heavy atom. The monoisotopic (exact) mass is 226 g/mol. The Bertz CT molecular complexity index is 380. The van der Waals surface area contributed by atoms with Crippen LogP contribution in [0, 0.1) is 10.1 Å². The summed E-state index contributed by atoms with van der Waals surface area (Å²) in [5.41, 5.74) is -1.41. The number of aromatic nitrogens is 1. The summed E-state index contributed by atoms with van der Waals surface area (Å²) in [5, 5.41) is 9.85. The predicted molar refractivity (Wildman–Crippen MR) is 40.9 cm³/mol. The van der Waals surface area contributed by atoms with E-state index in [0.29, 0.717) is 6.07 Å². The average Bonchev–Trinajstić information content (AvgIpc) is 2.01. The highest BCUT2D eigenvalue weighted by Gasteiger charge is 2.39. The molecule has 8 heteroatoms. The molecular formula is C6H2ClF3N2O2. The second kappa shape index (κ2) is 3.41. The molecule has 14 heavy (non-hydrogen) atoms. The number of halogens is 4. The molecule has 0 radical (unpaired) electrons. The Morgan fingerprint density at radius 1 is 1.43 bits per heavy atom. The van der Waals surface area contributed by atoms with Gasteiger partial charge in [-0.15, -0.1) is 0 Å². The van der Waals surface area contributed by atoms with Gasteiger partial charge >= 0.3 is 12.0 Å². The molecule has 1 heterocycles. The molecule has 0 aliphatic rings. The first kappa shape index (κ1) is 10.7. The van der Waals surface area contributed by atoms with Crippen LogP contribution in [0.3, 0.4) is 0 Å². The first-order valence-corrected chi connectivity index (χ1v) is 3.58. The van der Waals surface area contributed by atoms with E-state index in [1.54, 1.807) is 0 Å². The Morgan fingerprint density at radius 2 is 2.00 bits per heavy atom. The third-order valence-electron chi connectivity index (χ3n) is 1.32. The maximum absolute atomic E-state index is 12.2. The number of nitrogens with zero attached hydrogens (tertiary/aromatic N) is 2. The van der Waals surface area contributed by atoms with Gasteiger partial charge in [-0.1, -0.05) is 0 Å². The van der Waals surface area contributed by atoms with Gasteiger partial charge in [0.2, 0.25) is 5.15 Å². The van der Waals surface area contributed by atoms with E-state index < -0.39 is 22.5 Å². The number of alkyl halides is 3. The van der Waals surface area contributed by atoms with E-state index in [-0.39, 0.29) is 5.15 Å². The molecule has 0 N–H and O–H groups in total. The molecular weight excluding hydrogens is 225 g/mol. The van der Waals surface area contributed by atoms with Crippen molar-refractivity contribution in [3.8, 4) is 0 Å². The molecule has 1 aromatic rings. The van der Waals surface area contributed by atoms with E-state index in [2.05, 4.69) is 4.98 Å². The van der Waals surface area contributed by atoms with Crippen molar-refractivity contribution in [2.45, 2.75) is 6.18 Å². The van der Waals surface area contributed by atoms with E-state index >= 15 is 0 Å². The summed E-state index contributed by atoms with van der Waals surface area (Å²) in [6.45, 7) is 0. The van der Waals surface area contributed by atoms with Crippen LogP contribution in [0.2, 0.25) is 5.15 Å². The van der Waals surface area contributed by atoms with Crippen LogP contribution in [0.15, 0.2) is 12.1 Å². The van der Waals surface area contributed by atoms with Crippen molar-refractivity contribution in [3.63, 3.8) is 0 Å². The van der Waals surface area contributed by atoms with Crippen LogP contribution in [0.1, 0.15) is 5.56 Å². The van der Waals surface area contributed by atoms with Crippen LogP contribution in [-0.2, 0) is 6.18 Å². The van der Waals surface area contributed by atoms with Crippen molar-refractivity contribution in [2.24, 2.45) is 0 Å². The van der Waals surface area contributed by atoms with Crippen LogP contribution in [0.4, 0.5) is 19.0 Å². The molecule has 0 aliphatic heterocycles. The summed E-state index contributed by atoms with van der Waals surface area (Å²) in [6.07, 6.45) is -4.81. The molecule has 1 aromatic heterocycles. The van der Waals surface area contributed by atoms with E-state index in [9.17, 15) is 23.3 Å². The number of nitro groups is 1. The largest absolute Gasteiger partial charge is 0.424 e. The standard InChI is InChI=1S/C6H2ClF3N2O2/c7-4-2-1-3(6(8,9)10)5(11-4)12(13)14/h1-2H. The van der Waals surface area contributed by atoms with Gasteiger partial charge < -0.3 is 10.1 Å². The summed E-state index contributed by atoms with van der Waals surface area (Å²) in [6, 6.07) is 1.37. The summed E-state index contributed by atoms with van der Waals surface area (Å²) in [5.74, 6) is -1.29. The molecule has 4 nitrogen and oxygen atoms in total. The van der Waals surface area contributed by atoms with Crippen LogP contribution < -0.4 is 0 Å². The van der Waals surface area contributed by atoms with Crippen LogP contribution in [0.25, 0.3) is 0 Å². The highest BCUT2D eigenvalue weighted by Crippen LogP contribution is 2.35. The fraction of sp³-hybridized carbons (Fsp3) is 0.167. The lowest BCUT2D eigenvalue weighted by Gasteiger charge is -2.05. The Balaban J connectivity index is 3.37. The predicted octanol–water partition coefficient (Wildman–Crippen LogP) is 2.66. The minimum atomic E-state index is -4.81. The van der Waals surface area contributed by atoms with Crippen molar-refractivity contribution in [1.29, 1.82) is 0 Å². The number of hydrogen-bond acceptors (Lipinski definition) is 3. The smallest absolute Gasteiger partial charge is 0.358 e. The first-order chi connectivity index (χ1) is 6.32. The molecule has 0 amide bonds. The zero-order valence-electron chi connectivity index (χ0n) is 6.38. The lowest BCUT2D eigenvalue weighted by Crippen LogP contribution is -2.10. The van der Waals surface area contributed by atoms with Gasteiger partial charge in [0.1, 0.15) is 0 Å². The van der Waals surface area contributed by atoms with Crippen molar-refractivity contribution >= 4 is 17.4 Å². The molecule has 0 unspecified atom stereocenters. The average molecular weight is 227 g/mol. The fourth-order valence-corrected chi connectivity index (χ4v) is 0.929. The minimum Gasteiger partial charge on any atom is -0.358 e. The van der Waals surface area contributed by atoms with E-state index in [1.165, 1.54) is 0 Å². The summed E-state index contributed by atoms with van der Waals surface area (Å²) < 4.78 is 36.5. The zero-order chi connectivity index (χ0) is 10.9. The van der Waals surface area contributed by atoms with E-state index in [1.807, 2.05) is 0 Å². The van der Waals surface area contributed by atoms with Crippen LogP contribution >= 0.6 is 11.6 Å². The van der Waals surface area contributed by atoms with Gasteiger partial charge in [0, 0.05) is 6.07 Å². The third-order valence-corrected chi connectivity index (χ3v) is 1.53. The van der Waals surface area contributed by atoms with Crippen molar-refractivity contribution in [3.05, 3.63) is 33.0 Å². The van der Waals surface area contributed by atoms with Gasteiger partial charge in [0.25, 0.3) is 0 Å². The second-order valence-corrected chi connectivity index (χ2v) is 2.65. The first-order valence-electron chi connectivity index (χ1n) is 3.20. The molecule has 1 rings (SSSR count). The minimum absolute atomic E-state index is 0.357. The topological polar surface area (TPSA) is 56.0 Å². The van der Waals surface area contributed by atoms with Gasteiger partial charge in [-0.05, 0) is 27.6 Å². The summed E-state index contributed by atoms with van der Waals surface area (Å²) in [4.78, 5) is 12.0. The van der Waals surface area contributed by atoms with Gasteiger partial charge in [-0.25, -0.2) is 0 Å². The molecule has 0 bridgehead atoms. The lowest BCUT2D eigenvalue weighted by molar-refractivity contribution is -0.392. The number of pyridine rings is 1. The van der Waals surface area contributed by atoms with Gasteiger partial charge in [0.15, 0.2) is 5.56 Å². The zero-order valence-corrected chi connectivity index (χ0v) is 7.13. The maximum Gasteiger partial charge on any atom is 0.424 e. The second-order valence-electron chi connectivity index (χ2n) is 2.26. The maximum atomic E-state index is 12.2. The highest BCUT2D eigenvalue weighted by atomic mass is 35.5. The van der Waals surface area contributed by atoms with Gasteiger partial charge in [0.05, 0.1) is 0 Å². The SMILES string of the molecule is O=[N+]([O-])c1nc(Cl)ccc1C(F)(F)F. The number of hydrogen-bond donors (Lipinski definition) is 0. The third kappa shape index (κ3) is 2.11.